The van der Waals surface area contributed by atoms with Crippen LogP contribution in [0.15, 0.2) is 24.6 Å². The van der Waals surface area contributed by atoms with E-state index >= 15 is 0 Å². The molecule has 0 unspecified atom stereocenters. The van der Waals surface area contributed by atoms with Gasteiger partial charge in [-0.05, 0) is 13.6 Å². The van der Waals surface area contributed by atoms with Crippen molar-refractivity contribution in [2.75, 3.05) is 7.05 Å². The van der Waals surface area contributed by atoms with Crippen LogP contribution in [0.4, 0.5) is 0 Å². The quantitative estimate of drug-likeness (QED) is 0.631. The standard InChI is InChI=1S/C8H19NSi2.Na.H/c1-7-11(6,8-2)9(3)10(4)5;;/h7-8,10H,1-2H2,3-6H3;;. The predicted octanol–water partition coefficient (Wildman–Crippen LogP) is 1.28. The summed E-state index contributed by atoms with van der Waals surface area (Å²) < 4.78 is 2.51. The summed E-state index contributed by atoms with van der Waals surface area (Å²) in [7, 11) is 0.0875. The van der Waals surface area contributed by atoms with E-state index in [0.29, 0.717) is 0 Å². The van der Waals surface area contributed by atoms with Crippen LogP contribution < -0.4 is 0 Å². The Morgan fingerprint density at radius 1 is 1.25 bits per heavy atom. The zero-order valence-electron chi connectivity index (χ0n) is 8.09. The van der Waals surface area contributed by atoms with Gasteiger partial charge < -0.3 is 4.23 Å². The summed E-state index contributed by atoms with van der Waals surface area (Å²) in [6.07, 6.45) is 0. The third-order valence-electron chi connectivity index (χ3n) is 2.36. The van der Waals surface area contributed by atoms with Crippen molar-refractivity contribution in [3.63, 3.8) is 0 Å². The molecule has 0 aromatic rings. The minimum absolute atomic E-state index is 0. The molecule has 0 N–H and O–H groups in total. The molecule has 0 saturated carbocycles. The van der Waals surface area contributed by atoms with Crippen LogP contribution in [0.5, 0.6) is 0 Å². The maximum atomic E-state index is 3.88. The van der Waals surface area contributed by atoms with Gasteiger partial charge in [-0.25, -0.2) is 0 Å². The summed E-state index contributed by atoms with van der Waals surface area (Å²) in [6.45, 7) is 14.7. The average molecular weight is 209 g/mol. The first-order valence-electron chi connectivity index (χ1n) is 3.98. The van der Waals surface area contributed by atoms with Gasteiger partial charge in [0.2, 0.25) is 0 Å². The Labute approximate surface area is 102 Å². The molecule has 0 atom stereocenters. The van der Waals surface area contributed by atoms with Crippen molar-refractivity contribution in [2.45, 2.75) is 19.6 Å². The van der Waals surface area contributed by atoms with Crippen LogP contribution in [0.2, 0.25) is 19.6 Å². The van der Waals surface area contributed by atoms with Gasteiger partial charge in [0.15, 0.2) is 8.24 Å². The Bertz CT molecular complexity index is 151. The summed E-state index contributed by atoms with van der Waals surface area (Å²) in [4.78, 5) is 0. The molecule has 0 aromatic heterocycles. The molecule has 0 radical (unpaired) electrons. The van der Waals surface area contributed by atoms with Crippen molar-refractivity contribution < 1.29 is 0 Å². The molecule has 0 rings (SSSR count). The van der Waals surface area contributed by atoms with Gasteiger partial charge in [-0.1, -0.05) is 24.5 Å². The van der Waals surface area contributed by atoms with E-state index in [1.54, 1.807) is 0 Å². The van der Waals surface area contributed by atoms with E-state index in [9.17, 15) is 0 Å². The van der Waals surface area contributed by atoms with Crippen molar-refractivity contribution in [1.82, 2.24) is 4.23 Å². The molecule has 1 nitrogen and oxygen atoms in total. The van der Waals surface area contributed by atoms with Crippen LogP contribution in [0, 0.1) is 0 Å². The van der Waals surface area contributed by atoms with Crippen molar-refractivity contribution in [2.24, 2.45) is 0 Å². The maximum absolute atomic E-state index is 3.88. The molecule has 0 aliphatic carbocycles. The second-order valence-corrected chi connectivity index (χ2v) is 10.8. The number of nitrogens with zero attached hydrogens (tertiary/aromatic N) is 1. The molecule has 0 saturated heterocycles. The molecule has 0 aliphatic heterocycles. The summed E-state index contributed by atoms with van der Waals surface area (Å²) in [5.41, 5.74) is 4.18. The zero-order chi connectivity index (χ0) is 9.07. The minimum atomic E-state index is -1.44. The molecule has 0 heterocycles. The van der Waals surface area contributed by atoms with Gasteiger partial charge >= 0.3 is 29.6 Å². The topological polar surface area (TPSA) is 3.24 Å². The van der Waals surface area contributed by atoms with Gasteiger partial charge in [-0.2, -0.15) is 0 Å². The Kier molecular flexibility index (Phi) is 8.12. The fourth-order valence-corrected chi connectivity index (χ4v) is 6.75. The van der Waals surface area contributed by atoms with Gasteiger partial charge in [-0.15, -0.1) is 13.2 Å². The van der Waals surface area contributed by atoms with Crippen LogP contribution in [0.3, 0.4) is 0 Å². The molecular weight excluding hydrogens is 189 g/mol. The van der Waals surface area contributed by atoms with E-state index in [1.165, 1.54) is 0 Å². The first kappa shape index (κ1) is 15.4. The fourth-order valence-electron chi connectivity index (χ4n) is 0.928. The van der Waals surface area contributed by atoms with Crippen LogP contribution in [-0.2, 0) is 0 Å². The number of hydrogen-bond donors (Lipinski definition) is 0. The molecule has 0 aromatic carbocycles. The molecule has 0 aliphatic rings. The Morgan fingerprint density at radius 3 is 1.67 bits per heavy atom. The number of rotatable bonds is 4. The molecule has 0 bridgehead atoms. The fraction of sp³-hybridized carbons (Fsp3) is 0.500. The van der Waals surface area contributed by atoms with E-state index in [0.717, 1.165) is 0 Å². The Hall–Kier alpha value is 0.874. The molecule has 0 amide bonds. The third-order valence-corrected chi connectivity index (χ3v) is 10.3. The van der Waals surface area contributed by atoms with Gasteiger partial charge in [0.05, 0.1) is 8.96 Å². The van der Waals surface area contributed by atoms with Crippen LogP contribution in [0.25, 0.3) is 0 Å². The monoisotopic (exact) mass is 209 g/mol. The first-order valence-corrected chi connectivity index (χ1v) is 9.41. The summed E-state index contributed by atoms with van der Waals surface area (Å²) in [5, 5.41) is 0. The van der Waals surface area contributed by atoms with E-state index in [1.807, 2.05) is 0 Å². The van der Waals surface area contributed by atoms with E-state index in [4.69, 9.17) is 0 Å². The van der Waals surface area contributed by atoms with Gasteiger partial charge in [-0.3, -0.25) is 0 Å². The molecule has 4 heteroatoms. The summed E-state index contributed by atoms with van der Waals surface area (Å²) >= 11 is 0. The SMILES string of the molecule is C=C[Si](C)(C=C)N(C)[SiH](C)C.[NaH]. The van der Waals surface area contributed by atoms with Crippen LogP contribution >= 0.6 is 0 Å². The Morgan fingerprint density at radius 2 is 1.58 bits per heavy atom. The van der Waals surface area contributed by atoms with Crippen molar-refractivity contribution in [1.29, 1.82) is 0 Å². The van der Waals surface area contributed by atoms with Gasteiger partial charge in [0, 0.05) is 0 Å². The Balaban J connectivity index is 0. The van der Waals surface area contributed by atoms with Crippen molar-refractivity contribution in [3.05, 3.63) is 24.6 Å². The van der Waals surface area contributed by atoms with Gasteiger partial charge in [0.1, 0.15) is 0 Å². The summed E-state index contributed by atoms with van der Waals surface area (Å²) in [5.74, 6) is 0. The average Bonchev–Trinajstić information content (AvgIpc) is 2.01. The molecule has 66 valence electrons. The van der Waals surface area contributed by atoms with E-state index < -0.39 is 17.2 Å². The van der Waals surface area contributed by atoms with E-state index in [-0.39, 0.29) is 29.6 Å². The second-order valence-electron chi connectivity index (χ2n) is 3.34. The number of hydrogen-bond acceptors (Lipinski definition) is 1. The molecular formula is C8H20NNaSi2. The van der Waals surface area contributed by atoms with Crippen LogP contribution in [0.1, 0.15) is 0 Å². The van der Waals surface area contributed by atoms with Crippen molar-refractivity contribution >= 4 is 46.8 Å². The van der Waals surface area contributed by atoms with Crippen LogP contribution in [-0.4, -0.2) is 58.0 Å². The van der Waals surface area contributed by atoms with E-state index in [2.05, 4.69) is 55.5 Å². The second kappa shape index (κ2) is 6.35. The molecule has 12 heavy (non-hydrogen) atoms. The normalized spacial score (nSPS) is 11.2. The zero-order valence-corrected chi connectivity index (χ0v) is 10.2. The van der Waals surface area contributed by atoms with Gasteiger partial charge in [0.25, 0.3) is 0 Å². The molecule has 0 spiro atoms. The molecule has 0 fully saturated rings. The third kappa shape index (κ3) is 3.72. The van der Waals surface area contributed by atoms with Crippen molar-refractivity contribution in [3.8, 4) is 0 Å². The summed E-state index contributed by atoms with van der Waals surface area (Å²) in [6, 6.07) is 0. The first-order chi connectivity index (χ1) is 4.98. The predicted molar refractivity (Wildman–Crippen MR) is 65.8 cm³/mol.